The highest BCUT2D eigenvalue weighted by Gasteiger charge is 2.31. The van der Waals surface area contributed by atoms with Crippen LogP contribution in [0.5, 0.6) is 11.5 Å². The van der Waals surface area contributed by atoms with E-state index in [2.05, 4.69) is 42.6 Å². The number of nitriles is 1. The first-order chi connectivity index (χ1) is 18.7. The maximum Gasteiger partial charge on any atom is 0.119 e. The van der Waals surface area contributed by atoms with Gasteiger partial charge < -0.3 is 14.8 Å². The normalized spacial score (nSPS) is 12.6. The van der Waals surface area contributed by atoms with E-state index in [0.29, 0.717) is 0 Å². The Morgan fingerprint density at radius 3 is 1.92 bits per heavy atom. The molecule has 0 heterocycles. The van der Waals surface area contributed by atoms with Crippen molar-refractivity contribution in [1.29, 1.82) is 5.26 Å². The summed E-state index contributed by atoms with van der Waals surface area (Å²) in [6.07, 6.45) is 18.2. The van der Waals surface area contributed by atoms with Crippen LogP contribution in [0.4, 0.5) is 0 Å². The van der Waals surface area contributed by atoms with Crippen molar-refractivity contribution < 1.29 is 9.47 Å². The van der Waals surface area contributed by atoms with Gasteiger partial charge in [0.15, 0.2) is 0 Å². The van der Waals surface area contributed by atoms with E-state index >= 15 is 0 Å². The Labute approximate surface area is 233 Å². The van der Waals surface area contributed by atoms with Crippen molar-refractivity contribution >= 4 is 0 Å². The third-order valence-corrected chi connectivity index (χ3v) is 7.73. The molecule has 0 saturated carbocycles. The molecule has 0 radical (unpaired) electrons. The van der Waals surface area contributed by atoms with Crippen molar-refractivity contribution in [3.05, 3.63) is 59.7 Å². The molecule has 0 bridgehead atoms. The summed E-state index contributed by atoms with van der Waals surface area (Å²) in [5.74, 6) is 1.74. The number of unbranched alkanes of at least 4 members (excludes halogenated alkanes) is 10. The van der Waals surface area contributed by atoms with E-state index in [1.807, 2.05) is 24.3 Å². The molecule has 210 valence electrons. The molecule has 4 heteroatoms. The van der Waals surface area contributed by atoms with Crippen molar-refractivity contribution in [2.24, 2.45) is 0 Å². The summed E-state index contributed by atoms with van der Waals surface area (Å²) in [6.45, 7) is 4.11. The van der Waals surface area contributed by atoms with Gasteiger partial charge in [0, 0.05) is 0 Å². The highest BCUT2D eigenvalue weighted by Crippen LogP contribution is 2.36. The Hall–Kier alpha value is -2.51. The summed E-state index contributed by atoms with van der Waals surface area (Å²) in [5.41, 5.74) is 1.92. The van der Waals surface area contributed by atoms with Gasteiger partial charge in [-0.25, -0.2) is 0 Å². The summed E-state index contributed by atoms with van der Waals surface area (Å²) in [5, 5.41) is 14.0. The van der Waals surface area contributed by atoms with Gasteiger partial charge in [-0.05, 0) is 74.2 Å². The molecule has 2 aromatic carbocycles. The molecule has 38 heavy (non-hydrogen) atoms. The van der Waals surface area contributed by atoms with Gasteiger partial charge in [-0.15, -0.1) is 0 Å². The fourth-order valence-electron chi connectivity index (χ4n) is 5.30. The molecule has 4 nitrogen and oxygen atoms in total. The van der Waals surface area contributed by atoms with Gasteiger partial charge in [0.25, 0.3) is 0 Å². The predicted molar refractivity (Wildman–Crippen MR) is 160 cm³/mol. The van der Waals surface area contributed by atoms with E-state index in [1.165, 1.54) is 69.8 Å². The Kier molecular flexibility index (Phi) is 16.3. The number of nitrogens with one attached hydrogen (secondary N) is 1. The van der Waals surface area contributed by atoms with Crippen LogP contribution < -0.4 is 14.8 Å². The van der Waals surface area contributed by atoms with Crippen molar-refractivity contribution in [3.63, 3.8) is 0 Å². The summed E-state index contributed by atoms with van der Waals surface area (Å²) in [6, 6.07) is 19.2. The first-order valence-electron chi connectivity index (χ1n) is 15.1. The van der Waals surface area contributed by atoms with Crippen LogP contribution in [0.25, 0.3) is 0 Å². The number of hydrogen-bond donors (Lipinski definition) is 1. The summed E-state index contributed by atoms with van der Waals surface area (Å²) >= 11 is 0. The predicted octanol–water partition coefficient (Wildman–Crippen LogP) is 8.78. The van der Waals surface area contributed by atoms with Crippen LogP contribution in [0.15, 0.2) is 48.5 Å². The first kappa shape index (κ1) is 31.7. The second-order valence-corrected chi connectivity index (χ2v) is 10.7. The molecule has 0 aliphatic carbocycles. The highest BCUT2D eigenvalue weighted by atomic mass is 16.5. The molecule has 0 aliphatic rings. The molecule has 2 aromatic rings. The quantitative estimate of drug-likeness (QED) is 0.158. The zero-order valence-corrected chi connectivity index (χ0v) is 24.4. The first-order valence-corrected chi connectivity index (χ1v) is 15.1. The largest absolute Gasteiger partial charge is 0.497 e. The molecule has 1 atom stereocenters. The van der Waals surface area contributed by atoms with Gasteiger partial charge >= 0.3 is 0 Å². The van der Waals surface area contributed by atoms with Crippen LogP contribution in [0, 0.1) is 11.3 Å². The van der Waals surface area contributed by atoms with Crippen molar-refractivity contribution in [2.75, 3.05) is 27.3 Å². The summed E-state index contributed by atoms with van der Waals surface area (Å²) in [4.78, 5) is 0. The summed E-state index contributed by atoms with van der Waals surface area (Å²) < 4.78 is 10.8. The van der Waals surface area contributed by atoms with Crippen molar-refractivity contribution in [3.8, 4) is 17.6 Å². The molecule has 0 fully saturated rings. The molecule has 0 spiro atoms. The Morgan fingerprint density at radius 2 is 1.29 bits per heavy atom. The number of benzene rings is 2. The average Bonchev–Trinajstić information content (AvgIpc) is 2.96. The van der Waals surface area contributed by atoms with E-state index in [0.717, 1.165) is 62.3 Å². The Bertz CT molecular complexity index is 923. The molecule has 2 rings (SSSR count). The lowest BCUT2D eigenvalue weighted by atomic mass is 9.74. The van der Waals surface area contributed by atoms with Crippen LogP contribution in [0.1, 0.15) is 108 Å². The minimum absolute atomic E-state index is 0.456. The number of methoxy groups -OCH3 is 2. The minimum atomic E-state index is -0.456. The van der Waals surface area contributed by atoms with Gasteiger partial charge in [-0.1, -0.05) is 102 Å². The zero-order valence-electron chi connectivity index (χ0n) is 24.4. The van der Waals surface area contributed by atoms with Gasteiger partial charge in [0.1, 0.15) is 11.5 Å². The second kappa shape index (κ2) is 19.5. The van der Waals surface area contributed by atoms with Crippen LogP contribution in [0.3, 0.4) is 0 Å². The van der Waals surface area contributed by atoms with E-state index < -0.39 is 5.41 Å². The molecule has 0 aromatic heterocycles. The number of nitrogens with zero attached hydrogens (tertiary/aromatic N) is 1. The van der Waals surface area contributed by atoms with Gasteiger partial charge in [-0.3, -0.25) is 0 Å². The van der Waals surface area contributed by atoms with E-state index in [1.54, 1.807) is 14.2 Å². The highest BCUT2D eigenvalue weighted by molar-refractivity contribution is 5.38. The molecule has 1 N–H and O–H groups in total. The standard InChI is InChI=1S/C34H52N2O2/c1-4-5-6-7-8-9-10-11-12-13-14-23-34(29-35,31-19-16-21-33(28-31)38-3)24-17-25-36-26-22-30-18-15-20-32(27-30)37-2/h15-16,18-21,27-28,36H,4-14,17,22-26H2,1-3H3. The van der Waals surface area contributed by atoms with Crippen molar-refractivity contribution in [2.45, 2.75) is 109 Å². The fourth-order valence-corrected chi connectivity index (χ4v) is 5.30. The third-order valence-electron chi connectivity index (χ3n) is 7.73. The summed E-state index contributed by atoms with van der Waals surface area (Å²) in [7, 11) is 3.40. The molecule has 1 unspecified atom stereocenters. The second-order valence-electron chi connectivity index (χ2n) is 10.7. The Morgan fingerprint density at radius 1 is 0.711 bits per heavy atom. The van der Waals surface area contributed by atoms with E-state index in [9.17, 15) is 5.26 Å². The fraction of sp³-hybridized carbons (Fsp3) is 0.618. The lowest BCUT2D eigenvalue weighted by Gasteiger charge is -2.28. The number of rotatable bonds is 22. The molecule has 0 saturated heterocycles. The van der Waals surface area contributed by atoms with Gasteiger partial charge in [-0.2, -0.15) is 5.26 Å². The van der Waals surface area contributed by atoms with E-state index in [-0.39, 0.29) is 0 Å². The average molecular weight is 521 g/mol. The number of hydrogen-bond acceptors (Lipinski definition) is 4. The van der Waals surface area contributed by atoms with E-state index in [4.69, 9.17) is 9.47 Å². The third kappa shape index (κ3) is 11.9. The lowest BCUT2D eigenvalue weighted by Crippen LogP contribution is -2.27. The van der Waals surface area contributed by atoms with Crippen LogP contribution in [0.2, 0.25) is 0 Å². The van der Waals surface area contributed by atoms with Gasteiger partial charge in [0.05, 0.1) is 25.7 Å². The van der Waals surface area contributed by atoms with Gasteiger partial charge in [0.2, 0.25) is 0 Å². The minimum Gasteiger partial charge on any atom is -0.497 e. The zero-order chi connectivity index (χ0) is 27.3. The SMILES string of the molecule is CCCCCCCCCCCCCC(C#N)(CCCNCCc1cccc(OC)c1)c1cccc(OC)c1. The van der Waals surface area contributed by atoms with Crippen LogP contribution in [-0.2, 0) is 11.8 Å². The topological polar surface area (TPSA) is 54.3 Å². The van der Waals surface area contributed by atoms with Crippen LogP contribution in [-0.4, -0.2) is 27.3 Å². The Balaban J connectivity index is 1.79. The molecular formula is C34H52N2O2. The maximum absolute atomic E-state index is 10.4. The smallest absolute Gasteiger partial charge is 0.119 e. The molecule has 0 amide bonds. The van der Waals surface area contributed by atoms with Crippen LogP contribution >= 0.6 is 0 Å². The van der Waals surface area contributed by atoms with Crippen molar-refractivity contribution in [1.82, 2.24) is 5.32 Å². The monoisotopic (exact) mass is 520 g/mol. The number of ether oxygens (including phenoxy) is 2. The maximum atomic E-state index is 10.4. The molecular weight excluding hydrogens is 468 g/mol. The lowest BCUT2D eigenvalue weighted by molar-refractivity contribution is 0.400. The molecule has 0 aliphatic heterocycles.